The third kappa shape index (κ3) is 2.43. The van der Waals surface area contributed by atoms with Crippen molar-refractivity contribution in [2.75, 3.05) is 0 Å². The Kier molecular flexibility index (Phi) is 2.73. The van der Waals surface area contributed by atoms with Gasteiger partial charge in [0.05, 0.1) is 0 Å². The van der Waals surface area contributed by atoms with Crippen molar-refractivity contribution in [3.05, 3.63) is 47.3 Å². The minimum absolute atomic E-state index is 0.234. The van der Waals surface area contributed by atoms with Crippen LogP contribution >= 0.6 is 11.6 Å². The number of nitrogens with zero attached hydrogens (tertiary/aromatic N) is 1. The highest BCUT2D eigenvalue weighted by atomic mass is 35.5. The second-order valence-corrected chi connectivity index (χ2v) is 5.09. The summed E-state index contributed by atoms with van der Waals surface area (Å²) < 4.78 is 0. The molecule has 0 spiro atoms. The van der Waals surface area contributed by atoms with Gasteiger partial charge in [0, 0.05) is 18.1 Å². The molecule has 3 rings (SSSR count). The second kappa shape index (κ2) is 4.29. The molecule has 1 aromatic heterocycles. The van der Waals surface area contributed by atoms with E-state index in [-0.39, 0.29) is 5.96 Å². The summed E-state index contributed by atoms with van der Waals surface area (Å²) in [6, 6.07) is 8.17. The highest BCUT2D eigenvalue weighted by Crippen LogP contribution is 2.21. The zero-order chi connectivity index (χ0) is 13.5. The topological polar surface area (TPSA) is 92.2 Å². The molecule has 0 saturated heterocycles. The molecule has 1 atom stereocenters. The van der Waals surface area contributed by atoms with E-state index in [1.54, 1.807) is 6.08 Å². The Balaban J connectivity index is 1.90. The van der Waals surface area contributed by atoms with E-state index in [2.05, 4.69) is 21.4 Å². The lowest BCUT2D eigenvalue weighted by Gasteiger charge is -2.30. The van der Waals surface area contributed by atoms with Crippen molar-refractivity contribution in [3.8, 4) is 0 Å². The molecule has 19 heavy (non-hydrogen) atoms. The molecule has 1 unspecified atom stereocenters. The number of guanidine groups is 1. The first kappa shape index (κ1) is 12.1. The first-order chi connectivity index (χ1) is 9.04. The lowest BCUT2D eigenvalue weighted by Crippen LogP contribution is -2.59. The molecule has 1 aliphatic rings. The first-order valence-corrected chi connectivity index (χ1v) is 6.27. The van der Waals surface area contributed by atoms with Crippen LogP contribution in [-0.2, 0) is 6.42 Å². The van der Waals surface area contributed by atoms with E-state index in [0.29, 0.717) is 11.6 Å². The molecule has 6 heteroatoms. The third-order valence-corrected chi connectivity index (χ3v) is 3.27. The summed E-state index contributed by atoms with van der Waals surface area (Å²) >= 11 is 5.91. The lowest BCUT2D eigenvalue weighted by atomic mass is 9.98. The number of H-pyrrole nitrogens is 1. The maximum atomic E-state index is 6.25. The molecule has 0 aliphatic carbocycles. The predicted octanol–water partition coefficient (Wildman–Crippen LogP) is 1.36. The van der Waals surface area contributed by atoms with Crippen LogP contribution in [-0.4, -0.2) is 16.6 Å². The van der Waals surface area contributed by atoms with E-state index < -0.39 is 5.66 Å². The van der Waals surface area contributed by atoms with Crippen molar-refractivity contribution in [3.63, 3.8) is 0 Å². The minimum Gasteiger partial charge on any atom is -0.370 e. The average molecular weight is 276 g/mol. The molecule has 0 amide bonds. The average Bonchev–Trinajstić information content (AvgIpc) is 2.73. The van der Waals surface area contributed by atoms with E-state index in [9.17, 15) is 0 Å². The Morgan fingerprint density at radius 3 is 2.95 bits per heavy atom. The van der Waals surface area contributed by atoms with Crippen LogP contribution < -0.4 is 16.8 Å². The van der Waals surface area contributed by atoms with Gasteiger partial charge in [-0.15, -0.1) is 0 Å². The summed E-state index contributed by atoms with van der Waals surface area (Å²) in [6.07, 6.45) is 4.15. The van der Waals surface area contributed by atoms with Crippen LogP contribution in [0, 0.1) is 0 Å². The summed E-state index contributed by atoms with van der Waals surface area (Å²) in [5.41, 5.74) is 13.3. The molecule has 2 aromatic rings. The Morgan fingerprint density at radius 2 is 2.16 bits per heavy atom. The van der Waals surface area contributed by atoms with E-state index in [0.717, 1.165) is 16.5 Å². The van der Waals surface area contributed by atoms with Crippen molar-refractivity contribution >= 4 is 28.5 Å². The van der Waals surface area contributed by atoms with Crippen LogP contribution in [0.5, 0.6) is 0 Å². The van der Waals surface area contributed by atoms with Gasteiger partial charge in [0.15, 0.2) is 5.96 Å². The Morgan fingerprint density at radius 1 is 1.32 bits per heavy atom. The monoisotopic (exact) mass is 275 g/mol. The highest BCUT2D eigenvalue weighted by molar-refractivity contribution is 6.30. The van der Waals surface area contributed by atoms with Gasteiger partial charge in [-0.25, -0.2) is 4.99 Å². The normalized spacial score (nSPS) is 22.8. The number of fused-ring (bicyclic) bond motifs is 1. The number of halogens is 1. The molecule has 98 valence electrons. The van der Waals surface area contributed by atoms with Crippen molar-refractivity contribution in [1.82, 2.24) is 10.3 Å². The van der Waals surface area contributed by atoms with E-state index in [1.807, 2.05) is 24.4 Å². The van der Waals surface area contributed by atoms with Crippen molar-refractivity contribution in [1.29, 1.82) is 0 Å². The number of nitrogens with one attached hydrogen (secondary N) is 2. The number of hydrogen-bond donors (Lipinski definition) is 4. The van der Waals surface area contributed by atoms with Gasteiger partial charge in [0.2, 0.25) is 0 Å². The largest absolute Gasteiger partial charge is 0.370 e. The van der Waals surface area contributed by atoms with Gasteiger partial charge in [-0.05, 0) is 35.2 Å². The molecular formula is C13H14ClN5. The van der Waals surface area contributed by atoms with Gasteiger partial charge in [-0.1, -0.05) is 17.7 Å². The molecular weight excluding hydrogens is 262 g/mol. The zero-order valence-electron chi connectivity index (χ0n) is 10.2. The minimum atomic E-state index is -0.813. The van der Waals surface area contributed by atoms with E-state index >= 15 is 0 Å². The number of aliphatic imine (C=N–C) groups is 1. The predicted molar refractivity (Wildman–Crippen MR) is 77.6 cm³/mol. The molecule has 6 N–H and O–H groups in total. The summed E-state index contributed by atoms with van der Waals surface area (Å²) in [4.78, 5) is 7.04. The fourth-order valence-corrected chi connectivity index (χ4v) is 2.59. The maximum absolute atomic E-state index is 6.25. The fourth-order valence-electron chi connectivity index (χ4n) is 2.31. The van der Waals surface area contributed by atoms with Crippen LogP contribution in [0.3, 0.4) is 0 Å². The van der Waals surface area contributed by atoms with Crippen molar-refractivity contribution in [2.45, 2.75) is 12.1 Å². The first-order valence-electron chi connectivity index (χ1n) is 5.90. The van der Waals surface area contributed by atoms with Crippen LogP contribution in [0.15, 0.2) is 46.7 Å². The fraction of sp³-hybridized carbons (Fsp3) is 0.154. The van der Waals surface area contributed by atoms with Gasteiger partial charge < -0.3 is 21.8 Å². The molecule has 0 bridgehead atoms. The standard InChI is InChI=1S/C13H14ClN5/c14-11-7-13(16,19-12(15)18-11)6-8-1-2-10-9(5-8)3-4-17-10/h1-5,7,17H,6,16H2,(H3,15,18,19). The molecule has 0 radical (unpaired) electrons. The van der Waals surface area contributed by atoms with Gasteiger partial charge in [-0.2, -0.15) is 0 Å². The third-order valence-electron chi connectivity index (χ3n) is 3.08. The summed E-state index contributed by atoms with van der Waals surface area (Å²) in [6.45, 7) is 0. The number of benzene rings is 1. The summed E-state index contributed by atoms with van der Waals surface area (Å²) in [5.74, 6) is 0.234. The van der Waals surface area contributed by atoms with E-state index in [1.165, 1.54) is 0 Å². The summed E-state index contributed by atoms with van der Waals surface area (Å²) in [7, 11) is 0. The van der Waals surface area contributed by atoms with Crippen LogP contribution in [0.4, 0.5) is 0 Å². The Labute approximate surface area is 115 Å². The number of aromatic nitrogens is 1. The lowest BCUT2D eigenvalue weighted by molar-refractivity contribution is 0.479. The number of nitrogens with two attached hydrogens (primary N) is 2. The molecule has 0 fully saturated rings. The van der Waals surface area contributed by atoms with Crippen LogP contribution in [0.25, 0.3) is 10.9 Å². The number of hydrogen-bond acceptors (Lipinski definition) is 4. The van der Waals surface area contributed by atoms with Crippen molar-refractivity contribution < 1.29 is 0 Å². The molecule has 2 heterocycles. The molecule has 0 saturated carbocycles. The number of rotatable bonds is 2. The molecule has 5 nitrogen and oxygen atoms in total. The molecule has 1 aromatic carbocycles. The van der Waals surface area contributed by atoms with Gasteiger partial charge in [0.1, 0.15) is 10.8 Å². The zero-order valence-corrected chi connectivity index (χ0v) is 10.9. The Bertz CT molecular complexity index is 687. The van der Waals surface area contributed by atoms with Gasteiger partial charge in [0.25, 0.3) is 0 Å². The summed E-state index contributed by atoms with van der Waals surface area (Å²) in [5, 5.41) is 4.40. The maximum Gasteiger partial charge on any atom is 0.196 e. The smallest absolute Gasteiger partial charge is 0.196 e. The number of aromatic amines is 1. The highest BCUT2D eigenvalue weighted by Gasteiger charge is 2.27. The SMILES string of the molecule is NC1=NC(Cl)=CC(N)(Cc2ccc3[nH]ccc3c2)N1. The quantitative estimate of drug-likeness (QED) is 0.624. The van der Waals surface area contributed by atoms with Crippen molar-refractivity contribution in [2.24, 2.45) is 16.5 Å². The Hall–Kier alpha value is -1.98. The van der Waals surface area contributed by atoms with Gasteiger partial charge >= 0.3 is 0 Å². The molecule has 1 aliphatic heterocycles. The van der Waals surface area contributed by atoms with Crippen LogP contribution in [0.2, 0.25) is 0 Å². The van der Waals surface area contributed by atoms with Gasteiger partial charge in [-0.3, -0.25) is 0 Å². The van der Waals surface area contributed by atoms with E-state index in [4.69, 9.17) is 23.1 Å². The second-order valence-electron chi connectivity index (χ2n) is 4.71. The van der Waals surface area contributed by atoms with Crippen LogP contribution in [0.1, 0.15) is 5.56 Å².